The quantitative estimate of drug-likeness (QED) is 0.552. The van der Waals surface area contributed by atoms with E-state index in [0.29, 0.717) is 36.4 Å². The van der Waals surface area contributed by atoms with Gasteiger partial charge in [0.15, 0.2) is 4.80 Å². The van der Waals surface area contributed by atoms with Crippen molar-refractivity contribution in [1.82, 2.24) is 4.57 Å². The lowest BCUT2D eigenvalue weighted by atomic mass is 10.0. The molecule has 6 nitrogen and oxygen atoms in total. The van der Waals surface area contributed by atoms with Crippen molar-refractivity contribution in [2.75, 3.05) is 6.61 Å². The van der Waals surface area contributed by atoms with E-state index in [1.807, 2.05) is 0 Å². The zero-order valence-corrected chi connectivity index (χ0v) is 18.3. The van der Waals surface area contributed by atoms with Crippen molar-refractivity contribution in [3.8, 4) is 0 Å². The van der Waals surface area contributed by atoms with Crippen LogP contribution in [0.2, 0.25) is 10.0 Å². The summed E-state index contributed by atoms with van der Waals surface area (Å²) in [6, 6.07) is 7.82. The topological polar surface area (TPSA) is 73.8 Å². The van der Waals surface area contributed by atoms with Crippen LogP contribution in [0.1, 0.15) is 31.2 Å². The third-order valence-corrected chi connectivity index (χ3v) is 6.15. The zero-order chi connectivity index (χ0) is 21.4. The summed E-state index contributed by atoms with van der Waals surface area (Å²) in [4.78, 5) is 30.9. The Morgan fingerprint density at radius 2 is 2.17 bits per heavy atom. The summed E-state index contributed by atoms with van der Waals surface area (Å²) in [7, 11) is 0. The van der Waals surface area contributed by atoms with Gasteiger partial charge in [-0.3, -0.25) is 9.36 Å². The predicted molar refractivity (Wildman–Crippen MR) is 116 cm³/mol. The van der Waals surface area contributed by atoms with Crippen LogP contribution in [-0.2, 0) is 9.53 Å². The van der Waals surface area contributed by atoms with Crippen LogP contribution >= 0.6 is 34.5 Å². The smallest absolute Gasteiger partial charge is 0.338 e. The van der Waals surface area contributed by atoms with Crippen molar-refractivity contribution >= 4 is 52.3 Å². The first-order valence-electron chi connectivity index (χ1n) is 9.08. The number of esters is 1. The molecule has 30 heavy (non-hydrogen) atoms. The fraction of sp³-hybridized carbons (Fsp3) is 0.190. The molecular formula is C21H16Cl2N2O4S. The maximum absolute atomic E-state index is 13.1. The molecule has 0 aliphatic carbocycles. The summed E-state index contributed by atoms with van der Waals surface area (Å²) in [5.74, 6) is -0.0362. The van der Waals surface area contributed by atoms with Crippen LogP contribution in [0.4, 0.5) is 0 Å². The summed E-state index contributed by atoms with van der Waals surface area (Å²) < 4.78 is 12.6. The van der Waals surface area contributed by atoms with E-state index in [1.54, 1.807) is 50.3 Å². The molecular weight excluding hydrogens is 447 g/mol. The molecule has 0 bridgehead atoms. The molecule has 1 aromatic carbocycles. The number of furan rings is 1. The van der Waals surface area contributed by atoms with Crippen LogP contribution in [0.3, 0.4) is 0 Å². The van der Waals surface area contributed by atoms with Gasteiger partial charge in [-0.2, -0.15) is 0 Å². The van der Waals surface area contributed by atoms with Crippen molar-refractivity contribution in [3.63, 3.8) is 0 Å². The second-order valence-electron chi connectivity index (χ2n) is 6.47. The molecule has 3 aromatic rings. The van der Waals surface area contributed by atoms with Crippen molar-refractivity contribution in [3.05, 3.63) is 83.2 Å². The second kappa shape index (κ2) is 8.26. The first-order valence-corrected chi connectivity index (χ1v) is 10.7. The van der Waals surface area contributed by atoms with Crippen molar-refractivity contribution in [1.29, 1.82) is 0 Å². The van der Waals surface area contributed by atoms with Gasteiger partial charge in [-0.05, 0) is 49.8 Å². The van der Waals surface area contributed by atoms with Gasteiger partial charge in [0.2, 0.25) is 0 Å². The molecule has 1 atom stereocenters. The minimum absolute atomic E-state index is 0.208. The van der Waals surface area contributed by atoms with Crippen LogP contribution in [-0.4, -0.2) is 17.1 Å². The maximum atomic E-state index is 13.1. The first kappa shape index (κ1) is 20.7. The van der Waals surface area contributed by atoms with E-state index in [0.717, 1.165) is 0 Å². The molecule has 154 valence electrons. The van der Waals surface area contributed by atoms with Crippen LogP contribution in [0.25, 0.3) is 11.8 Å². The molecule has 9 heteroatoms. The Labute approximate surface area is 185 Å². The SMILES string of the molecule is CCOC(=O)C1=C(C)n2c(s/c(=C\c3ccc(Cl)cc3Cl)c2=O)=N[C@@H]1c1ccco1. The van der Waals surface area contributed by atoms with E-state index >= 15 is 0 Å². The van der Waals surface area contributed by atoms with Gasteiger partial charge in [0.05, 0.1) is 23.0 Å². The summed E-state index contributed by atoms with van der Waals surface area (Å²) in [6.45, 7) is 3.63. The first-order chi connectivity index (χ1) is 14.4. The van der Waals surface area contributed by atoms with Gasteiger partial charge >= 0.3 is 5.97 Å². The average molecular weight is 463 g/mol. The number of aromatic nitrogens is 1. The van der Waals surface area contributed by atoms with E-state index in [4.69, 9.17) is 32.4 Å². The van der Waals surface area contributed by atoms with Crippen molar-refractivity contribution in [2.45, 2.75) is 19.9 Å². The molecule has 0 radical (unpaired) electrons. The molecule has 1 aliphatic rings. The normalized spacial score (nSPS) is 16.4. The Kier molecular flexibility index (Phi) is 5.69. The second-order valence-corrected chi connectivity index (χ2v) is 8.32. The molecule has 0 amide bonds. The Hall–Kier alpha value is -2.61. The number of halogens is 2. The van der Waals surface area contributed by atoms with Gasteiger partial charge in [-0.15, -0.1) is 0 Å². The highest BCUT2D eigenvalue weighted by atomic mass is 35.5. The summed E-state index contributed by atoms with van der Waals surface area (Å²) in [6.07, 6.45) is 3.20. The third-order valence-electron chi connectivity index (χ3n) is 4.60. The lowest BCUT2D eigenvalue weighted by Gasteiger charge is -2.20. The number of ether oxygens (including phenoxy) is 1. The molecule has 0 saturated carbocycles. The number of fused-ring (bicyclic) bond motifs is 1. The Balaban J connectivity index is 1.95. The van der Waals surface area contributed by atoms with E-state index in [-0.39, 0.29) is 17.7 Å². The summed E-state index contributed by atoms with van der Waals surface area (Å²) >= 11 is 13.4. The van der Waals surface area contributed by atoms with Crippen molar-refractivity contribution < 1.29 is 13.9 Å². The molecule has 4 rings (SSSR count). The lowest BCUT2D eigenvalue weighted by Crippen LogP contribution is -2.35. The van der Waals surface area contributed by atoms with Crippen LogP contribution < -0.4 is 14.9 Å². The van der Waals surface area contributed by atoms with Gasteiger partial charge < -0.3 is 9.15 Å². The number of nitrogens with zero attached hydrogens (tertiary/aromatic N) is 2. The minimum atomic E-state index is -0.691. The monoisotopic (exact) mass is 462 g/mol. The van der Waals surface area contributed by atoms with Gasteiger partial charge in [-0.1, -0.05) is 40.6 Å². The third kappa shape index (κ3) is 3.64. The van der Waals surface area contributed by atoms with E-state index < -0.39 is 12.0 Å². The molecule has 0 spiro atoms. The number of allylic oxidation sites excluding steroid dienone is 1. The molecule has 0 fully saturated rings. The van der Waals surface area contributed by atoms with Gasteiger partial charge in [0, 0.05) is 15.7 Å². The highest BCUT2D eigenvalue weighted by Crippen LogP contribution is 2.32. The number of carbonyl (C=O) groups excluding carboxylic acids is 1. The highest BCUT2D eigenvalue weighted by Gasteiger charge is 2.32. The predicted octanol–water partition coefficient (Wildman–Crippen LogP) is 3.81. The average Bonchev–Trinajstić information content (AvgIpc) is 3.33. The summed E-state index contributed by atoms with van der Waals surface area (Å²) in [5.41, 5.74) is 1.10. The molecule has 1 aliphatic heterocycles. The molecule has 0 unspecified atom stereocenters. The van der Waals surface area contributed by atoms with Crippen LogP contribution in [0, 0.1) is 0 Å². The Morgan fingerprint density at radius 3 is 2.83 bits per heavy atom. The number of rotatable bonds is 4. The van der Waals surface area contributed by atoms with Crippen LogP contribution in [0.5, 0.6) is 0 Å². The van der Waals surface area contributed by atoms with E-state index in [1.165, 1.54) is 22.2 Å². The standard InChI is InChI=1S/C21H16Cl2N2O4S/c1-3-28-20(27)17-11(2)25-19(26)16(9-12-6-7-13(22)10-14(12)23)30-21(25)24-18(17)15-5-4-8-29-15/h4-10,18H,3H2,1-2H3/b16-9-/t18-/m1/s1. The zero-order valence-electron chi connectivity index (χ0n) is 16.0. The lowest BCUT2D eigenvalue weighted by molar-refractivity contribution is -0.138. The number of benzene rings is 1. The van der Waals surface area contributed by atoms with Crippen molar-refractivity contribution in [2.24, 2.45) is 4.99 Å². The number of carbonyl (C=O) groups is 1. The van der Waals surface area contributed by atoms with Gasteiger partial charge in [0.1, 0.15) is 11.8 Å². The Bertz CT molecular complexity index is 1340. The van der Waals surface area contributed by atoms with E-state index in [9.17, 15) is 9.59 Å². The largest absolute Gasteiger partial charge is 0.467 e. The molecule has 2 aromatic heterocycles. The fourth-order valence-corrected chi connectivity index (χ4v) is 4.72. The van der Waals surface area contributed by atoms with Gasteiger partial charge in [0.25, 0.3) is 5.56 Å². The Morgan fingerprint density at radius 1 is 1.37 bits per heavy atom. The summed E-state index contributed by atoms with van der Waals surface area (Å²) in [5, 5.41) is 0.941. The van der Waals surface area contributed by atoms with Crippen LogP contribution in [0.15, 0.2) is 56.4 Å². The van der Waals surface area contributed by atoms with E-state index in [2.05, 4.69) is 4.99 Å². The maximum Gasteiger partial charge on any atom is 0.338 e. The van der Waals surface area contributed by atoms with Gasteiger partial charge in [-0.25, -0.2) is 9.79 Å². The number of hydrogen-bond donors (Lipinski definition) is 0. The number of thiazole rings is 1. The molecule has 3 heterocycles. The number of hydrogen-bond acceptors (Lipinski definition) is 6. The molecule has 0 N–H and O–H groups in total. The minimum Gasteiger partial charge on any atom is -0.467 e. The highest BCUT2D eigenvalue weighted by molar-refractivity contribution is 7.07. The molecule has 0 saturated heterocycles. The fourth-order valence-electron chi connectivity index (χ4n) is 3.23.